The fourth-order valence-corrected chi connectivity index (χ4v) is 4.61. The monoisotopic (exact) mass is 477 g/mol. The standard InChI is InChI=1S/C24H26F3N3O4/c25-24(26,27)21-13-19(7-10-22(21)30(32)33)28-18-5-8-20(9-6-18)34-15-23(31)29-12-11-16-3-1-2-4-17(16)14-29/h1-4,7,10,13,18,20,28H,5-6,8-9,11-12,14-15H2/t18-,20-. The number of nitro benzene ring substituents is 1. The molecule has 2 aliphatic rings. The number of fused-ring (bicyclic) bond motifs is 1. The molecule has 0 aromatic heterocycles. The lowest BCUT2D eigenvalue weighted by atomic mass is 9.92. The van der Waals surface area contributed by atoms with Crippen LogP contribution in [0.5, 0.6) is 0 Å². The summed E-state index contributed by atoms with van der Waals surface area (Å²) in [5.74, 6) is -0.0414. The van der Waals surface area contributed by atoms with Crippen molar-refractivity contribution >= 4 is 17.3 Å². The van der Waals surface area contributed by atoms with Crippen molar-refractivity contribution in [3.63, 3.8) is 0 Å². The van der Waals surface area contributed by atoms with Gasteiger partial charge in [-0.15, -0.1) is 0 Å². The van der Waals surface area contributed by atoms with Crippen LogP contribution in [0.25, 0.3) is 0 Å². The van der Waals surface area contributed by atoms with Crippen LogP contribution in [0.3, 0.4) is 0 Å². The van der Waals surface area contributed by atoms with Gasteiger partial charge in [-0.25, -0.2) is 0 Å². The molecule has 2 aromatic carbocycles. The summed E-state index contributed by atoms with van der Waals surface area (Å²) in [6.07, 6.45) is -1.39. The number of hydrogen-bond donors (Lipinski definition) is 1. The molecule has 1 fully saturated rings. The Morgan fingerprint density at radius 1 is 1.12 bits per heavy atom. The van der Waals surface area contributed by atoms with Crippen LogP contribution < -0.4 is 5.32 Å². The molecule has 2 aromatic rings. The maximum atomic E-state index is 13.2. The quantitative estimate of drug-likeness (QED) is 0.471. The zero-order chi connectivity index (χ0) is 24.3. The second-order valence-corrected chi connectivity index (χ2v) is 8.75. The van der Waals surface area contributed by atoms with Gasteiger partial charge in [-0.1, -0.05) is 24.3 Å². The molecule has 10 heteroatoms. The summed E-state index contributed by atoms with van der Waals surface area (Å²) in [5.41, 5.74) is 0.403. The van der Waals surface area contributed by atoms with Gasteiger partial charge in [0.05, 0.1) is 11.0 Å². The Hall–Kier alpha value is -3.14. The lowest BCUT2D eigenvalue weighted by Crippen LogP contribution is -2.39. The second-order valence-electron chi connectivity index (χ2n) is 8.75. The van der Waals surface area contributed by atoms with Gasteiger partial charge in [0.25, 0.3) is 5.69 Å². The van der Waals surface area contributed by atoms with E-state index in [0.29, 0.717) is 38.8 Å². The number of rotatable bonds is 6. The van der Waals surface area contributed by atoms with Gasteiger partial charge in [0, 0.05) is 30.9 Å². The van der Waals surface area contributed by atoms with Crippen LogP contribution in [0.1, 0.15) is 42.4 Å². The molecule has 0 spiro atoms. The molecule has 0 bridgehead atoms. The first-order valence-electron chi connectivity index (χ1n) is 11.3. The number of anilines is 1. The van der Waals surface area contributed by atoms with Crippen LogP contribution in [0.4, 0.5) is 24.5 Å². The highest BCUT2D eigenvalue weighted by atomic mass is 19.4. The van der Waals surface area contributed by atoms with Crippen LogP contribution in [0.2, 0.25) is 0 Å². The third-order valence-electron chi connectivity index (χ3n) is 6.47. The van der Waals surface area contributed by atoms with Crippen LogP contribution >= 0.6 is 0 Å². The largest absolute Gasteiger partial charge is 0.423 e. The van der Waals surface area contributed by atoms with Gasteiger partial charge >= 0.3 is 6.18 Å². The molecule has 4 rings (SSSR count). The van der Waals surface area contributed by atoms with Crippen molar-refractivity contribution in [1.29, 1.82) is 0 Å². The summed E-state index contributed by atoms with van der Waals surface area (Å²) in [7, 11) is 0. The van der Waals surface area contributed by atoms with Gasteiger partial charge in [-0.3, -0.25) is 14.9 Å². The van der Waals surface area contributed by atoms with E-state index in [-0.39, 0.29) is 30.3 Å². The highest BCUT2D eigenvalue weighted by molar-refractivity contribution is 5.77. The predicted octanol–water partition coefficient (Wildman–Crippen LogP) is 4.94. The van der Waals surface area contributed by atoms with Crippen molar-refractivity contribution in [2.75, 3.05) is 18.5 Å². The smallest absolute Gasteiger partial charge is 0.382 e. The molecule has 0 saturated heterocycles. The third kappa shape index (κ3) is 5.67. The Kier molecular flexibility index (Phi) is 7.06. The summed E-state index contributed by atoms with van der Waals surface area (Å²) < 4.78 is 45.4. The van der Waals surface area contributed by atoms with Crippen molar-refractivity contribution in [3.8, 4) is 0 Å². The first-order valence-corrected chi connectivity index (χ1v) is 11.3. The molecule has 1 heterocycles. The number of ether oxygens (including phenoxy) is 1. The van der Waals surface area contributed by atoms with Crippen LogP contribution in [-0.2, 0) is 28.7 Å². The van der Waals surface area contributed by atoms with Gasteiger partial charge < -0.3 is 15.0 Å². The molecule has 1 aliphatic heterocycles. The molecule has 1 amide bonds. The maximum Gasteiger partial charge on any atom is 0.423 e. The zero-order valence-corrected chi connectivity index (χ0v) is 18.5. The number of nitrogens with one attached hydrogen (secondary N) is 1. The van der Waals surface area contributed by atoms with Crippen molar-refractivity contribution < 1.29 is 27.6 Å². The lowest BCUT2D eigenvalue weighted by molar-refractivity contribution is -0.388. The molecule has 0 atom stereocenters. The SMILES string of the molecule is O=C(CO[C@H]1CC[C@H](Nc2ccc([N+](=O)[O-])c(C(F)(F)F)c2)CC1)N1CCc2ccccc2C1. The highest BCUT2D eigenvalue weighted by Gasteiger charge is 2.38. The van der Waals surface area contributed by atoms with E-state index in [1.807, 2.05) is 23.1 Å². The number of nitrogens with zero attached hydrogens (tertiary/aromatic N) is 2. The van der Waals surface area contributed by atoms with E-state index >= 15 is 0 Å². The van der Waals surface area contributed by atoms with E-state index in [1.165, 1.54) is 11.6 Å². The van der Waals surface area contributed by atoms with Crippen molar-refractivity contribution in [1.82, 2.24) is 4.90 Å². The van der Waals surface area contributed by atoms with Gasteiger partial charge in [-0.2, -0.15) is 13.2 Å². The Labute approximate surface area is 195 Å². The number of nitro groups is 1. The maximum absolute atomic E-state index is 13.2. The van der Waals surface area contributed by atoms with Gasteiger partial charge in [0.1, 0.15) is 12.2 Å². The molecule has 182 valence electrons. The normalized spacial score (nSPS) is 20.5. The summed E-state index contributed by atoms with van der Waals surface area (Å²) in [6, 6.07) is 11.0. The lowest BCUT2D eigenvalue weighted by Gasteiger charge is -2.32. The Morgan fingerprint density at radius 2 is 1.82 bits per heavy atom. The number of benzene rings is 2. The van der Waals surface area contributed by atoms with E-state index in [0.717, 1.165) is 24.1 Å². The molecule has 7 nitrogen and oxygen atoms in total. The number of amides is 1. The van der Waals surface area contributed by atoms with E-state index in [1.54, 1.807) is 0 Å². The van der Waals surface area contributed by atoms with Crippen molar-refractivity contribution in [2.24, 2.45) is 0 Å². The van der Waals surface area contributed by atoms with E-state index in [9.17, 15) is 28.1 Å². The van der Waals surface area contributed by atoms with Gasteiger partial charge in [-0.05, 0) is 55.4 Å². The molecule has 1 aliphatic carbocycles. The molecule has 1 saturated carbocycles. The van der Waals surface area contributed by atoms with Crippen LogP contribution in [0.15, 0.2) is 42.5 Å². The summed E-state index contributed by atoms with van der Waals surface area (Å²) >= 11 is 0. The third-order valence-corrected chi connectivity index (χ3v) is 6.47. The average molecular weight is 477 g/mol. The fraction of sp³-hybridized carbons (Fsp3) is 0.458. The molecule has 0 radical (unpaired) electrons. The summed E-state index contributed by atoms with van der Waals surface area (Å²) in [6.45, 7) is 1.28. The minimum absolute atomic E-state index is 0.0161. The first-order chi connectivity index (χ1) is 16.2. The predicted molar refractivity (Wildman–Crippen MR) is 119 cm³/mol. The molecular weight excluding hydrogens is 451 g/mol. The van der Waals surface area contributed by atoms with Crippen molar-refractivity contribution in [3.05, 3.63) is 69.3 Å². The molecule has 1 N–H and O–H groups in total. The highest BCUT2D eigenvalue weighted by Crippen LogP contribution is 2.38. The Balaban J connectivity index is 1.25. The van der Waals surface area contributed by atoms with Crippen molar-refractivity contribution in [2.45, 2.75) is 57.0 Å². The zero-order valence-electron chi connectivity index (χ0n) is 18.5. The van der Waals surface area contributed by atoms with Crippen LogP contribution in [0, 0.1) is 10.1 Å². The minimum Gasteiger partial charge on any atom is -0.382 e. The first kappa shape index (κ1) is 24.0. The van der Waals surface area contributed by atoms with Gasteiger partial charge in [0.2, 0.25) is 5.91 Å². The summed E-state index contributed by atoms with van der Waals surface area (Å²) in [4.78, 5) is 24.3. The Bertz CT molecular complexity index is 1050. The molecule has 34 heavy (non-hydrogen) atoms. The fourth-order valence-electron chi connectivity index (χ4n) is 4.61. The topological polar surface area (TPSA) is 84.7 Å². The Morgan fingerprint density at radius 3 is 2.50 bits per heavy atom. The minimum atomic E-state index is -4.81. The average Bonchev–Trinajstić information content (AvgIpc) is 2.82. The van der Waals surface area contributed by atoms with E-state index < -0.39 is 22.4 Å². The number of hydrogen-bond acceptors (Lipinski definition) is 5. The summed E-state index contributed by atoms with van der Waals surface area (Å²) in [5, 5.41) is 14.0. The second kappa shape index (κ2) is 10.0. The number of carbonyl (C=O) groups is 1. The number of alkyl halides is 3. The number of halogens is 3. The van der Waals surface area contributed by atoms with Gasteiger partial charge in [0.15, 0.2) is 0 Å². The van der Waals surface area contributed by atoms with E-state index in [4.69, 9.17) is 4.74 Å². The molecule has 0 unspecified atom stereocenters. The number of carbonyl (C=O) groups excluding carboxylic acids is 1. The van der Waals surface area contributed by atoms with Crippen LogP contribution in [-0.4, -0.2) is 41.0 Å². The molecular formula is C24H26F3N3O4. The van der Waals surface area contributed by atoms with E-state index in [2.05, 4.69) is 11.4 Å².